The molecule has 13 heavy (non-hydrogen) atoms. The van der Waals surface area contributed by atoms with Gasteiger partial charge in [-0.05, 0) is 30.5 Å². The van der Waals surface area contributed by atoms with Gasteiger partial charge in [-0.1, -0.05) is 24.3 Å². The number of aromatic hydroxyl groups is 1. The minimum Gasteiger partial charge on any atom is -0.508 e. The largest absolute Gasteiger partial charge is 0.508 e. The second-order valence-electron chi connectivity index (χ2n) is 2.91. The van der Waals surface area contributed by atoms with Crippen LogP contribution >= 0.6 is 0 Å². The molecule has 0 fully saturated rings. The summed E-state index contributed by atoms with van der Waals surface area (Å²) in [6.07, 6.45) is 4.45. The van der Waals surface area contributed by atoms with E-state index in [1.165, 1.54) is 0 Å². The number of phenols is 1. The smallest absolute Gasteiger partial charge is 0.119 e. The van der Waals surface area contributed by atoms with Gasteiger partial charge in [-0.2, -0.15) is 0 Å². The highest BCUT2D eigenvalue weighted by Gasteiger charge is 1.97. The van der Waals surface area contributed by atoms with Crippen molar-refractivity contribution in [2.45, 2.75) is 13.3 Å². The van der Waals surface area contributed by atoms with Gasteiger partial charge in [0.2, 0.25) is 0 Å². The quantitative estimate of drug-likeness (QED) is 0.744. The maximum absolute atomic E-state index is 9.37. The van der Waals surface area contributed by atoms with Crippen molar-refractivity contribution in [1.82, 2.24) is 0 Å². The second-order valence-corrected chi connectivity index (χ2v) is 2.91. The summed E-state index contributed by atoms with van der Waals surface area (Å²) in [5.74, 6) is 0.311. The normalized spacial score (nSPS) is 10.9. The Hall–Kier alpha value is -1.28. The zero-order valence-electron chi connectivity index (χ0n) is 7.70. The predicted octanol–water partition coefficient (Wildman–Crippen LogP) is 2.10. The Morgan fingerprint density at radius 3 is 2.85 bits per heavy atom. The highest BCUT2D eigenvalue weighted by molar-refractivity contribution is 5.56. The number of benzene rings is 1. The summed E-state index contributed by atoms with van der Waals surface area (Å²) >= 11 is 0. The van der Waals surface area contributed by atoms with Crippen LogP contribution in [0.4, 0.5) is 0 Å². The van der Waals surface area contributed by atoms with Crippen molar-refractivity contribution in [3.8, 4) is 5.75 Å². The van der Waals surface area contributed by atoms with Crippen molar-refractivity contribution in [3.63, 3.8) is 0 Å². The Balaban J connectivity index is 2.83. The van der Waals surface area contributed by atoms with Gasteiger partial charge in [0.25, 0.3) is 0 Å². The minimum atomic E-state index is 0.161. The van der Waals surface area contributed by atoms with Gasteiger partial charge in [-0.3, -0.25) is 0 Å². The van der Waals surface area contributed by atoms with E-state index in [0.29, 0.717) is 12.2 Å². The van der Waals surface area contributed by atoms with Gasteiger partial charge in [0.15, 0.2) is 0 Å². The third-order valence-corrected chi connectivity index (χ3v) is 1.94. The summed E-state index contributed by atoms with van der Waals surface area (Å²) in [7, 11) is 0. The first-order valence-electron chi connectivity index (χ1n) is 4.31. The van der Waals surface area contributed by atoms with Crippen LogP contribution in [-0.4, -0.2) is 16.8 Å². The lowest BCUT2D eigenvalue weighted by atomic mass is 10.1. The summed E-state index contributed by atoms with van der Waals surface area (Å²) in [4.78, 5) is 0. The van der Waals surface area contributed by atoms with E-state index >= 15 is 0 Å². The molecule has 0 aliphatic rings. The fourth-order valence-corrected chi connectivity index (χ4v) is 1.11. The lowest BCUT2D eigenvalue weighted by Gasteiger charge is -2.01. The Kier molecular flexibility index (Phi) is 3.53. The maximum atomic E-state index is 9.37. The van der Waals surface area contributed by atoms with E-state index in [2.05, 4.69) is 0 Å². The summed E-state index contributed by atoms with van der Waals surface area (Å²) in [5.41, 5.74) is 1.87. The average molecular weight is 178 g/mol. The van der Waals surface area contributed by atoms with Gasteiger partial charge in [0, 0.05) is 6.61 Å². The van der Waals surface area contributed by atoms with Crippen LogP contribution < -0.4 is 0 Å². The van der Waals surface area contributed by atoms with E-state index in [0.717, 1.165) is 11.1 Å². The van der Waals surface area contributed by atoms with Crippen LogP contribution in [0.25, 0.3) is 6.08 Å². The van der Waals surface area contributed by atoms with Gasteiger partial charge in [0.1, 0.15) is 5.75 Å². The van der Waals surface area contributed by atoms with Crippen molar-refractivity contribution in [2.75, 3.05) is 6.61 Å². The fourth-order valence-electron chi connectivity index (χ4n) is 1.11. The van der Waals surface area contributed by atoms with Gasteiger partial charge in [-0.15, -0.1) is 0 Å². The molecule has 0 unspecified atom stereocenters. The summed E-state index contributed by atoms with van der Waals surface area (Å²) in [6, 6.07) is 5.41. The standard InChI is InChI=1S/C11H14O2/c1-9-10(5-2-3-8-12)6-4-7-11(9)13/h2,4-7,12-13H,3,8H2,1H3. The van der Waals surface area contributed by atoms with Crippen LogP contribution in [0, 0.1) is 6.92 Å². The summed E-state index contributed by atoms with van der Waals surface area (Å²) < 4.78 is 0. The van der Waals surface area contributed by atoms with Crippen molar-refractivity contribution < 1.29 is 10.2 Å². The van der Waals surface area contributed by atoms with E-state index in [1.54, 1.807) is 12.1 Å². The van der Waals surface area contributed by atoms with Crippen LogP contribution in [-0.2, 0) is 0 Å². The molecule has 70 valence electrons. The number of aliphatic hydroxyl groups excluding tert-OH is 1. The highest BCUT2D eigenvalue weighted by atomic mass is 16.3. The summed E-state index contributed by atoms with van der Waals surface area (Å²) in [6.45, 7) is 2.03. The van der Waals surface area contributed by atoms with Gasteiger partial charge < -0.3 is 10.2 Å². The molecule has 2 nitrogen and oxygen atoms in total. The van der Waals surface area contributed by atoms with E-state index in [-0.39, 0.29) is 6.61 Å². The van der Waals surface area contributed by atoms with Crippen molar-refractivity contribution in [1.29, 1.82) is 0 Å². The molecule has 0 aromatic heterocycles. The maximum Gasteiger partial charge on any atom is 0.119 e. The van der Waals surface area contributed by atoms with Crippen LogP contribution in [0.1, 0.15) is 17.5 Å². The Bertz CT molecular complexity index is 303. The van der Waals surface area contributed by atoms with E-state index < -0.39 is 0 Å². The lowest BCUT2D eigenvalue weighted by molar-refractivity contribution is 0.303. The van der Waals surface area contributed by atoms with Gasteiger partial charge in [0.05, 0.1) is 0 Å². The molecule has 1 aromatic carbocycles. The van der Waals surface area contributed by atoms with E-state index in [4.69, 9.17) is 5.11 Å². The number of hydrogen-bond donors (Lipinski definition) is 2. The molecule has 0 atom stereocenters. The topological polar surface area (TPSA) is 40.5 Å². The second kappa shape index (κ2) is 4.67. The number of hydrogen-bond acceptors (Lipinski definition) is 2. The van der Waals surface area contributed by atoms with Crippen molar-refractivity contribution in [2.24, 2.45) is 0 Å². The molecule has 0 spiro atoms. The molecule has 0 saturated carbocycles. The number of aliphatic hydroxyl groups is 1. The molecule has 1 rings (SSSR count). The molecule has 0 aliphatic carbocycles. The molecule has 0 aliphatic heterocycles. The van der Waals surface area contributed by atoms with Crippen LogP contribution in [0.5, 0.6) is 5.75 Å². The number of phenolic OH excluding ortho intramolecular Hbond substituents is 1. The zero-order chi connectivity index (χ0) is 9.68. The molecule has 0 bridgehead atoms. The Morgan fingerprint density at radius 2 is 2.15 bits per heavy atom. The molecular weight excluding hydrogens is 164 g/mol. The molecule has 2 heteroatoms. The van der Waals surface area contributed by atoms with Crippen LogP contribution in [0.3, 0.4) is 0 Å². The first-order valence-corrected chi connectivity index (χ1v) is 4.31. The lowest BCUT2D eigenvalue weighted by Crippen LogP contribution is -1.81. The highest BCUT2D eigenvalue weighted by Crippen LogP contribution is 2.20. The average Bonchev–Trinajstić information content (AvgIpc) is 2.13. The molecule has 1 aromatic rings. The fraction of sp³-hybridized carbons (Fsp3) is 0.273. The Labute approximate surface area is 78.2 Å². The molecule has 0 saturated heterocycles. The van der Waals surface area contributed by atoms with Crippen LogP contribution in [0.15, 0.2) is 24.3 Å². The van der Waals surface area contributed by atoms with Crippen molar-refractivity contribution in [3.05, 3.63) is 35.4 Å². The first kappa shape index (κ1) is 9.81. The molecule has 0 amide bonds. The molecule has 0 heterocycles. The third kappa shape index (κ3) is 2.60. The third-order valence-electron chi connectivity index (χ3n) is 1.94. The Morgan fingerprint density at radius 1 is 1.38 bits per heavy atom. The van der Waals surface area contributed by atoms with E-state index in [1.807, 2.05) is 25.1 Å². The summed E-state index contributed by atoms with van der Waals surface area (Å²) in [5, 5.41) is 17.9. The van der Waals surface area contributed by atoms with Gasteiger partial charge in [-0.25, -0.2) is 0 Å². The van der Waals surface area contributed by atoms with Crippen molar-refractivity contribution >= 4 is 6.08 Å². The number of rotatable bonds is 3. The van der Waals surface area contributed by atoms with E-state index in [9.17, 15) is 5.11 Å². The monoisotopic (exact) mass is 178 g/mol. The molecule has 0 radical (unpaired) electrons. The zero-order valence-corrected chi connectivity index (χ0v) is 7.70. The minimum absolute atomic E-state index is 0.161. The SMILES string of the molecule is Cc1c(O)cccc1C=CCCO. The predicted molar refractivity (Wildman–Crippen MR) is 53.6 cm³/mol. The van der Waals surface area contributed by atoms with Crippen LogP contribution in [0.2, 0.25) is 0 Å². The van der Waals surface area contributed by atoms with Gasteiger partial charge >= 0.3 is 0 Å². The first-order chi connectivity index (χ1) is 6.25. The molecule has 2 N–H and O–H groups in total. The molecular formula is C11H14O2.